The number of rotatable bonds is 5. The highest BCUT2D eigenvalue weighted by atomic mass is 32.2. The standard InChI is InChI=1S/C20H25N3O3S/c1-15-5-2-3-7-17(15)23-10-8-21-20(23)27-14-18(24)22-9-4-6-16(13-22)19-25-11-12-26-19/h2-3,5,7-8,10,16,19H,4,6,9,11-14H2,1H3. The number of aryl methyl sites for hydroxylation is 1. The number of carbonyl (C=O) groups is 1. The molecule has 0 aliphatic carbocycles. The Morgan fingerprint density at radius 3 is 2.93 bits per heavy atom. The first kappa shape index (κ1) is 18.5. The van der Waals surface area contributed by atoms with E-state index in [2.05, 4.69) is 24.0 Å². The lowest BCUT2D eigenvalue weighted by Gasteiger charge is -2.34. The molecule has 0 saturated carbocycles. The predicted molar refractivity (Wildman–Crippen MR) is 104 cm³/mol. The molecule has 144 valence electrons. The fraction of sp³-hybridized carbons (Fsp3) is 0.500. The van der Waals surface area contributed by atoms with E-state index in [1.54, 1.807) is 6.20 Å². The number of benzene rings is 1. The minimum atomic E-state index is -0.145. The quantitative estimate of drug-likeness (QED) is 0.739. The molecule has 2 aromatic rings. The van der Waals surface area contributed by atoms with Gasteiger partial charge in [0.15, 0.2) is 11.4 Å². The molecule has 0 radical (unpaired) electrons. The maximum Gasteiger partial charge on any atom is 0.233 e. The van der Waals surface area contributed by atoms with Crippen LogP contribution in [0.25, 0.3) is 5.69 Å². The monoisotopic (exact) mass is 387 g/mol. The van der Waals surface area contributed by atoms with Crippen molar-refractivity contribution in [1.29, 1.82) is 0 Å². The van der Waals surface area contributed by atoms with Crippen molar-refractivity contribution in [2.45, 2.75) is 31.2 Å². The number of hydrogen-bond donors (Lipinski definition) is 0. The van der Waals surface area contributed by atoms with E-state index in [1.165, 1.54) is 17.3 Å². The summed E-state index contributed by atoms with van der Waals surface area (Å²) in [6.07, 6.45) is 5.64. The molecular weight excluding hydrogens is 362 g/mol. The van der Waals surface area contributed by atoms with Crippen LogP contribution in [0.3, 0.4) is 0 Å². The van der Waals surface area contributed by atoms with Gasteiger partial charge in [-0.25, -0.2) is 4.98 Å². The van der Waals surface area contributed by atoms with Crippen LogP contribution in [-0.2, 0) is 14.3 Å². The molecule has 1 aromatic carbocycles. The van der Waals surface area contributed by atoms with Crippen molar-refractivity contribution in [1.82, 2.24) is 14.5 Å². The summed E-state index contributed by atoms with van der Waals surface area (Å²) in [5.74, 6) is 0.827. The zero-order chi connectivity index (χ0) is 18.6. The fourth-order valence-electron chi connectivity index (χ4n) is 3.74. The summed E-state index contributed by atoms with van der Waals surface area (Å²) in [7, 11) is 0. The Bertz CT molecular complexity index is 788. The number of aromatic nitrogens is 2. The Morgan fingerprint density at radius 1 is 1.30 bits per heavy atom. The van der Waals surface area contributed by atoms with Gasteiger partial charge in [-0.2, -0.15) is 0 Å². The Labute approximate surface area is 163 Å². The highest BCUT2D eigenvalue weighted by Gasteiger charge is 2.32. The average Bonchev–Trinajstić information content (AvgIpc) is 3.39. The topological polar surface area (TPSA) is 56.6 Å². The number of hydrogen-bond acceptors (Lipinski definition) is 5. The number of thioether (sulfide) groups is 1. The summed E-state index contributed by atoms with van der Waals surface area (Å²) in [6.45, 7) is 4.93. The van der Waals surface area contributed by atoms with Crippen LogP contribution in [0, 0.1) is 12.8 Å². The van der Waals surface area contributed by atoms with Crippen LogP contribution in [0.1, 0.15) is 18.4 Å². The molecule has 27 heavy (non-hydrogen) atoms. The van der Waals surface area contributed by atoms with Gasteiger partial charge in [-0.3, -0.25) is 9.36 Å². The van der Waals surface area contributed by atoms with E-state index in [0.717, 1.165) is 36.8 Å². The lowest BCUT2D eigenvalue weighted by atomic mass is 9.97. The van der Waals surface area contributed by atoms with Gasteiger partial charge in [-0.1, -0.05) is 30.0 Å². The number of piperidine rings is 1. The van der Waals surface area contributed by atoms with Crippen molar-refractivity contribution in [2.24, 2.45) is 5.92 Å². The molecule has 1 unspecified atom stereocenters. The molecule has 3 heterocycles. The summed E-state index contributed by atoms with van der Waals surface area (Å²) in [6, 6.07) is 8.19. The smallest absolute Gasteiger partial charge is 0.233 e. The lowest BCUT2D eigenvalue weighted by molar-refractivity contribution is -0.136. The van der Waals surface area contributed by atoms with Crippen molar-refractivity contribution in [3.05, 3.63) is 42.2 Å². The Balaban J connectivity index is 1.37. The third-order valence-electron chi connectivity index (χ3n) is 5.15. The highest BCUT2D eigenvalue weighted by Crippen LogP contribution is 2.27. The maximum atomic E-state index is 12.8. The summed E-state index contributed by atoms with van der Waals surface area (Å²) in [5.41, 5.74) is 2.28. The molecule has 0 N–H and O–H groups in total. The van der Waals surface area contributed by atoms with Crippen molar-refractivity contribution < 1.29 is 14.3 Å². The molecular formula is C20H25N3O3S. The van der Waals surface area contributed by atoms with Gasteiger partial charge < -0.3 is 14.4 Å². The molecule has 2 saturated heterocycles. The van der Waals surface area contributed by atoms with Gasteiger partial charge >= 0.3 is 0 Å². The third kappa shape index (κ3) is 4.20. The molecule has 4 rings (SSSR count). The van der Waals surface area contributed by atoms with Gasteiger partial charge in [0.2, 0.25) is 5.91 Å². The van der Waals surface area contributed by atoms with Crippen LogP contribution in [-0.4, -0.2) is 58.7 Å². The third-order valence-corrected chi connectivity index (χ3v) is 6.10. The van der Waals surface area contributed by atoms with Crippen molar-refractivity contribution in [3.63, 3.8) is 0 Å². The van der Waals surface area contributed by atoms with E-state index in [-0.39, 0.29) is 18.1 Å². The Kier molecular flexibility index (Phi) is 5.80. The number of carbonyl (C=O) groups excluding carboxylic acids is 1. The first-order valence-corrected chi connectivity index (χ1v) is 10.4. The molecule has 7 heteroatoms. The molecule has 1 aromatic heterocycles. The van der Waals surface area contributed by atoms with E-state index in [9.17, 15) is 4.79 Å². The average molecular weight is 388 g/mol. The second kappa shape index (κ2) is 8.46. The zero-order valence-electron chi connectivity index (χ0n) is 15.5. The van der Waals surface area contributed by atoms with Gasteiger partial charge in [0.1, 0.15) is 0 Å². The molecule has 1 amide bonds. The first-order chi connectivity index (χ1) is 13.2. The highest BCUT2D eigenvalue weighted by molar-refractivity contribution is 7.99. The first-order valence-electron chi connectivity index (χ1n) is 9.45. The van der Waals surface area contributed by atoms with Crippen molar-refractivity contribution in [3.8, 4) is 5.69 Å². The molecule has 2 aliphatic rings. The largest absolute Gasteiger partial charge is 0.350 e. The number of nitrogens with zero attached hydrogens (tertiary/aromatic N) is 3. The number of amides is 1. The second-order valence-corrected chi connectivity index (χ2v) is 7.95. The molecule has 2 aliphatic heterocycles. The van der Waals surface area contributed by atoms with Gasteiger partial charge in [-0.05, 0) is 31.4 Å². The lowest BCUT2D eigenvalue weighted by Crippen LogP contribution is -2.44. The van der Waals surface area contributed by atoms with E-state index in [1.807, 2.05) is 27.8 Å². The molecule has 6 nitrogen and oxygen atoms in total. The van der Waals surface area contributed by atoms with E-state index >= 15 is 0 Å². The molecule has 1 atom stereocenters. The zero-order valence-corrected chi connectivity index (χ0v) is 16.4. The van der Waals surface area contributed by atoms with Gasteiger partial charge in [-0.15, -0.1) is 0 Å². The minimum Gasteiger partial charge on any atom is -0.350 e. The van der Waals surface area contributed by atoms with Crippen molar-refractivity contribution in [2.75, 3.05) is 32.1 Å². The van der Waals surface area contributed by atoms with E-state index in [4.69, 9.17) is 9.47 Å². The van der Waals surface area contributed by atoms with E-state index in [0.29, 0.717) is 19.0 Å². The minimum absolute atomic E-state index is 0.145. The molecule has 0 bridgehead atoms. The molecule has 2 fully saturated rings. The van der Waals surface area contributed by atoms with E-state index < -0.39 is 0 Å². The summed E-state index contributed by atoms with van der Waals surface area (Å²) < 4.78 is 13.3. The van der Waals surface area contributed by atoms with Gasteiger partial charge in [0.25, 0.3) is 0 Å². The SMILES string of the molecule is Cc1ccccc1-n1ccnc1SCC(=O)N1CCCC(C2OCCO2)C1. The number of ether oxygens (including phenoxy) is 2. The maximum absolute atomic E-state index is 12.8. The number of likely N-dealkylation sites (tertiary alicyclic amines) is 1. The van der Waals surface area contributed by atoms with Crippen LogP contribution >= 0.6 is 11.8 Å². The van der Waals surface area contributed by atoms with Crippen LogP contribution in [0.5, 0.6) is 0 Å². The van der Waals surface area contributed by atoms with Crippen LogP contribution in [0.2, 0.25) is 0 Å². The normalized spacial score (nSPS) is 20.9. The van der Waals surface area contributed by atoms with Gasteiger partial charge in [0.05, 0.1) is 24.7 Å². The van der Waals surface area contributed by atoms with Crippen LogP contribution < -0.4 is 0 Å². The van der Waals surface area contributed by atoms with Crippen LogP contribution in [0.4, 0.5) is 0 Å². The second-order valence-electron chi connectivity index (χ2n) is 7.01. The fourth-order valence-corrected chi connectivity index (χ4v) is 4.61. The Morgan fingerprint density at radius 2 is 2.11 bits per heavy atom. The predicted octanol–water partition coefficient (Wildman–Crippen LogP) is 2.88. The summed E-state index contributed by atoms with van der Waals surface area (Å²) in [4.78, 5) is 19.2. The molecule has 0 spiro atoms. The number of para-hydroxylation sites is 1. The summed E-state index contributed by atoms with van der Waals surface area (Å²) in [5, 5.41) is 0.841. The summed E-state index contributed by atoms with van der Waals surface area (Å²) >= 11 is 1.49. The van der Waals surface area contributed by atoms with Gasteiger partial charge in [0, 0.05) is 31.4 Å². The van der Waals surface area contributed by atoms with Crippen molar-refractivity contribution >= 4 is 17.7 Å². The Hall–Kier alpha value is -1.83. The number of imidazole rings is 1. The van der Waals surface area contributed by atoms with Crippen LogP contribution in [0.15, 0.2) is 41.8 Å².